The highest BCUT2D eigenvalue weighted by molar-refractivity contribution is 6.35. The van der Waals surface area contributed by atoms with Gasteiger partial charge in [0.2, 0.25) is 0 Å². The van der Waals surface area contributed by atoms with Gasteiger partial charge in [-0.3, -0.25) is 9.59 Å². The summed E-state index contributed by atoms with van der Waals surface area (Å²) in [7, 11) is 1.28. The van der Waals surface area contributed by atoms with E-state index in [9.17, 15) is 14.4 Å². The average molecular weight is 530 g/mol. The second-order valence-corrected chi connectivity index (χ2v) is 9.79. The van der Waals surface area contributed by atoms with Gasteiger partial charge < -0.3 is 20.4 Å². The van der Waals surface area contributed by atoms with Crippen LogP contribution >= 0.6 is 11.6 Å². The Balaban J connectivity index is 1.48. The maximum Gasteiger partial charge on any atom is 0.354 e. The molecule has 1 amide bonds. The van der Waals surface area contributed by atoms with Gasteiger partial charge in [-0.25, -0.2) is 4.79 Å². The summed E-state index contributed by atoms with van der Waals surface area (Å²) in [5.41, 5.74) is 3.34. The molecule has 5 rings (SSSR count). The number of benzene rings is 3. The molecule has 1 fully saturated rings. The number of hydrogen-bond acceptors (Lipinski definition) is 5. The number of nitrogens with one attached hydrogen (secondary N) is 3. The lowest BCUT2D eigenvalue weighted by Crippen LogP contribution is -2.37. The summed E-state index contributed by atoms with van der Waals surface area (Å²) in [6.45, 7) is 1.57. The van der Waals surface area contributed by atoms with Crippen molar-refractivity contribution >= 4 is 34.4 Å². The van der Waals surface area contributed by atoms with Crippen molar-refractivity contribution in [2.75, 3.05) is 20.2 Å². The number of hydrogen-bond donors (Lipinski definition) is 3. The summed E-state index contributed by atoms with van der Waals surface area (Å²) in [5.74, 6) is -0.788. The van der Waals surface area contributed by atoms with Crippen LogP contribution in [0.2, 0.25) is 5.02 Å². The Labute approximate surface area is 225 Å². The molecule has 7 nitrogen and oxygen atoms in total. The SMILES string of the molecule is COC(=O)c1[nH]c2c(-c3ccccc3)c(Cl)ccc2c(=O)c1Cc1ccc(C(=O)NC[C@@H]2CCCN2)cc1. The van der Waals surface area contributed by atoms with Crippen LogP contribution in [0.1, 0.15) is 44.8 Å². The number of fused-ring (bicyclic) bond motifs is 1. The van der Waals surface area contributed by atoms with E-state index >= 15 is 0 Å². The van der Waals surface area contributed by atoms with E-state index in [-0.39, 0.29) is 29.0 Å². The first-order valence-electron chi connectivity index (χ1n) is 12.6. The van der Waals surface area contributed by atoms with Crippen LogP contribution in [-0.2, 0) is 11.2 Å². The Hall–Kier alpha value is -3.94. The van der Waals surface area contributed by atoms with Gasteiger partial charge >= 0.3 is 5.97 Å². The monoisotopic (exact) mass is 529 g/mol. The molecule has 1 aromatic heterocycles. The molecule has 0 bridgehead atoms. The molecule has 38 heavy (non-hydrogen) atoms. The average Bonchev–Trinajstić information content (AvgIpc) is 3.47. The summed E-state index contributed by atoms with van der Waals surface area (Å²) in [6, 6.07) is 20.2. The Morgan fingerprint density at radius 2 is 1.82 bits per heavy atom. The fourth-order valence-corrected chi connectivity index (χ4v) is 5.20. The van der Waals surface area contributed by atoms with Crippen molar-refractivity contribution in [3.8, 4) is 11.1 Å². The molecule has 194 valence electrons. The van der Waals surface area contributed by atoms with Crippen molar-refractivity contribution < 1.29 is 14.3 Å². The fourth-order valence-electron chi connectivity index (χ4n) is 4.93. The lowest BCUT2D eigenvalue weighted by Gasteiger charge is -2.14. The van der Waals surface area contributed by atoms with Gasteiger partial charge in [0.1, 0.15) is 5.69 Å². The van der Waals surface area contributed by atoms with E-state index in [1.165, 1.54) is 7.11 Å². The molecule has 4 aromatic rings. The van der Waals surface area contributed by atoms with E-state index in [1.54, 1.807) is 36.4 Å². The summed E-state index contributed by atoms with van der Waals surface area (Å²) in [5, 5.41) is 7.21. The highest BCUT2D eigenvalue weighted by Gasteiger charge is 2.22. The Morgan fingerprint density at radius 3 is 2.50 bits per heavy atom. The van der Waals surface area contributed by atoms with Gasteiger partial charge in [0, 0.05) is 41.1 Å². The van der Waals surface area contributed by atoms with Crippen LogP contribution in [0.25, 0.3) is 22.0 Å². The van der Waals surface area contributed by atoms with E-state index in [2.05, 4.69) is 15.6 Å². The van der Waals surface area contributed by atoms with Gasteiger partial charge in [-0.1, -0.05) is 54.1 Å². The molecule has 3 aromatic carbocycles. The van der Waals surface area contributed by atoms with E-state index in [0.29, 0.717) is 39.6 Å². The summed E-state index contributed by atoms with van der Waals surface area (Å²) < 4.78 is 5.01. The molecule has 1 atom stereocenters. The number of carbonyl (C=O) groups excluding carboxylic acids is 2. The molecule has 8 heteroatoms. The molecule has 1 aliphatic rings. The zero-order valence-electron chi connectivity index (χ0n) is 21.0. The van der Waals surface area contributed by atoms with E-state index < -0.39 is 5.97 Å². The number of amides is 1. The third-order valence-corrected chi connectivity index (χ3v) is 7.26. The molecule has 3 N–H and O–H groups in total. The number of ether oxygens (including phenoxy) is 1. The molecule has 0 aliphatic carbocycles. The number of methoxy groups -OCH3 is 1. The van der Waals surface area contributed by atoms with Crippen LogP contribution in [0.15, 0.2) is 71.5 Å². The minimum absolute atomic E-state index is 0.0790. The molecule has 2 heterocycles. The number of esters is 1. The normalized spacial score (nSPS) is 14.9. The van der Waals surface area contributed by atoms with Crippen LogP contribution in [0.3, 0.4) is 0 Å². The number of aromatic nitrogens is 1. The van der Waals surface area contributed by atoms with Crippen LogP contribution in [0.4, 0.5) is 0 Å². The summed E-state index contributed by atoms with van der Waals surface area (Å²) in [6.07, 6.45) is 2.37. The van der Waals surface area contributed by atoms with E-state index in [1.807, 2.05) is 30.3 Å². The predicted octanol–water partition coefficient (Wildman–Crippen LogP) is 4.71. The minimum Gasteiger partial charge on any atom is -0.464 e. The van der Waals surface area contributed by atoms with Crippen molar-refractivity contribution in [1.82, 2.24) is 15.6 Å². The Bertz CT molecular complexity index is 1540. The van der Waals surface area contributed by atoms with Gasteiger partial charge in [-0.2, -0.15) is 0 Å². The number of pyridine rings is 1. The standard InChI is InChI=1S/C30H28ClN3O4/c1-38-30(37)27-23(16-18-9-11-20(12-10-18)29(36)33-17-21-8-5-15-32-21)28(35)22-13-14-24(31)25(26(22)34-27)19-6-3-2-4-7-19/h2-4,6-7,9-14,21,32H,5,8,15-17H2,1H3,(H,33,36)(H,34,35)/t21-/m0/s1. The summed E-state index contributed by atoms with van der Waals surface area (Å²) in [4.78, 5) is 42.2. The van der Waals surface area contributed by atoms with Gasteiger partial charge in [-0.05, 0) is 54.8 Å². The van der Waals surface area contributed by atoms with Crippen molar-refractivity contribution in [3.05, 3.63) is 104 Å². The highest BCUT2D eigenvalue weighted by atomic mass is 35.5. The van der Waals surface area contributed by atoms with Gasteiger partial charge in [0.25, 0.3) is 5.91 Å². The highest BCUT2D eigenvalue weighted by Crippen LogP contribution is 2.34. The Kier molecular flexibility index (Phi) is 7.58. The van der Waals surface area contributed by atoms with Crippen LogP contribution in [0, 0.1) is 0 Å². The first-order chi connectivity index (χ1) is 18.5. The maximum absolute atomic E-state index is 13.7. The van der Waals surface area contributed by atoms with E-state index in [4.69, 9.17) is 16.3 Å². The largest absolute Gasteiger partial charge is 0.464 e. The van der Waals surface area contributed by atoms with E-state index in [0.717, 1.165) is 30.5 Å². The third kappa shape index (κ3) is 5.21. The quantitative estimate of drug-likeness (QED) is 0.301. The van der Waals surface area contributed by atoms with Gasteiger partial charge in [-0.15, -0.1) is 0 Å². The zero-order valence-corrected chi connectivity index (χ0v) is 21.7. The molecule has 1 saturated heterocycles. The second kappa shape index (κ2) is 11.2. The molecule has 0 saturated carbocycles. The van der Waals surface area contributed by atoms with Crippen molar-refractivity contribution in [3.63, 3.8) is 0 Å². The lowest BCUT2D eigenvalue weighted by molar-refractivity contribution is 0.0593. The smallest absolute Gasteiger partial charge is 0.354 e. The minimum atomic E-state index is -0.644. The number of rotatable bonds is 7. The molecule has 0 radical (unpaired) electrons. The van der Waals surface area contributed by atoms with Crippen molar-refractivity contribution in [2.45, 2.75) is 25.3 Å². The fraction of sp³-hybridized carbons (Fsp3) is 0.233. The van der Waals surface area contributed by atoms with Crippen LogP contribution in [0.5, 0.6) is 0 Å². The molecular weight excluding hydrogens is 502 g/mol. The van der Waals surface area contributed by atoms with Gasteiger partial charge in [0.05, 0.1) is 17.6 Å². The summed E-state index contributed by atoms with van der Waals surface area (Å²) >= 11 is 6.55. The maximum atomic E-state index is 13.7. The predicted molar refractivity (Wildman–Crippen MR) is 149 cm³/mol. The first kappa shape index (κ1) is 25.7. The number of H-pyrrole nitrogens is 1. The molecule has 0 unspecified atom stereocenters. The second-order valence-electron chi connectivity index (χ2n) is 9.39. The van der Waals surface area contributed by atoms with Crippen LogP contribution in [-0.4, -0.2) is 43.1 Å². The van der Waals surface area contributed by atoms with Crippen molar-refractivity contribution in [2.24, 2.45) is 0 Å². The molecule has 1 aliphatic heterocycles. The number of carbonyl (C=O) groups is 2. The van der Waals surface area contributed by atoms with Crippen LogP contribution < -0.4 is 16.1 Å². The first-order valence-corrected chi connectivity index (χ1v) is 13.0. The number of aromatic amines is 1. The Morgan fingerprint density at radius 1 is 1.05 bits per heavy atom. The molecular formula is C30H28ClN3O4. The molecule has 0 spiro atoms. The topological polar surface area (TPSA) is 100 Å². The lowest BCUT2D eigenvalue weighted by atomic mass is 9.96. The van der Waals surface area contributed by atoms with Gasteiger partial charge in [0.15, 0.2) is 5.43 Å². The zero-order chi connectivity index (χ0) is 26.6. The third-order valence-electron chi connectivity index (χ3n) is 6.95. The number of halogens is 1. The van der Waals surface area contributed by atoms with Crippen molar-refractivity contribution in [1.29, 1.82) is 0 Å².